The van der Waals surface area contributed by atoms with Crippen LogP contribution in [0, 0.1) is 22.7 Å². The van der Waals surface area contributed by atoms with E-state index in [4.69, 9.17) is 5.73 Å². The third-order valence-electron chi connectivity index (χ3n) is 5.36. The van der Waals surface area contributed by atoms with Crippen molar-refractivity contribution in [3.63, 3.8) is 0 Å². The van der Waals surface area contributed by atoms with Crippen LogP contribution in [0.15, 0.2) is 0 Å². The molecule has 80 valence electrons. The van der Waals surface area contributed by atoms with Gasteiger partial charge >= 0.3 is 0 Å². The summed E-state index contributed by atoms with van der Waals surface area (Å²) in [5, 5.41) is 0. The lowest BCUT2D eigenvalue weighted by atomic mass is 9.43. The maximum absolute atomic E-state index is 6.25. The SMILES string of the molecule is CC(N)C12CC3CC(CC(C)(C3)C1)C2. The van der Waals surface area contributed by atoms with E-state index < -0.39 is 0 Å². The third kappa shape index (κ3) is 1.11. The minimum Gasteiger partial charge on any atom is -0.327 e. The molecule has 4 rings (SSSR count). The topological polar surface area (TPSA) is 26.0 Å². The molecule has 4 fully saturated rings. The lowest BCUT2D eigenvalue weighted by Crippen LogP contribution is -2.56. The first-order valence-electron chi connectivity index (χ1n) is 6.27. The van der Waals surface area contributed by atoms with Gasteiger partial charge in [-0.05, 0) is 68.1 Å². The molecule has 0 radical (unpaired) electrons. The van der Waals surface area contributed by atoms with Gasteiger partial charge in [0.2, 0.25) is 0 Å². The Balaban J connectivity index is 1.96. The highest BCUT2D eigenvalue weighted by Crippen LogP contribution is 2.65. The molecule has 2 N–H and O–H groups in total. The van der Waals surface area contributed by atoms with Crippen molar-refractivity contribution in [1.29, 1.82) is 0 Å². The van der Waals surface area contributed by atoms with Gasteiger partial charge in [0, 0.05) is 6.04 Å². The maximum Gasteiger partial charge on any atom is 0.00674 e. The Morgan fingerprint density at radius 1 is 1.14 bits per heavy atom. The van der Waals surface area contributed by atoms with E-state index in [9.17, 15) is 0 Å². The molecule has 0 aliphatic heterocycles. The summed E-state index contributed by atoms with van der Waals surface area (Å²) in [6, 6.07) is 0.424. The number of hydrogen-bond acceptors (Lipinski definition) is 1. The highest BCUT2D eigenvalue weighted by molar-refractivity contribution is 5.08. The molecule has 0 saturated heterocycles. The highest BCUT2D eigenvalue weighted by atomic mass is 14.7. The standard InChI is InChI=1S/C13H23N/c1-9(14)13-6-10-3-11(7-13)5-12(2,4-10)8-13/h9-11H,3-8,14H2,1-2H3. The van der Waals surface area contributed by atoms with Crippen molar-refractivity contribution in [2.75, 3.05) is 0 Å². The van der Waals surface area contributed by atoms with Crippen molar-refractivity contribution in [2.24, 2.45) is 28.4 Å². The zero-order chi connectivity index (χ0) is 9.97. The van der Waals surface area contributed by atoms with Gasteiger partial charge in [0.15, 0.2) is 0 Å². The minimum atomic E-state index is 0.424. The molecule has 4 aliphatic rings. The smallest absolute Gasteiger partial charge is 0.00674 e. The molecule has 0 amide bonds. The first-order valence-corrected chi connectivity index (χ1v) is 6.27. The van der Waals surface area contributed by atoms with Crippen LogP contribution in [0.25, 0.3) is 0 Å². The molecule has 4 aliphatic carbocycles. The Kier molecular flexibility index (Phi) is 1.68. The summed E-state index contributed by atoms with van der Waals surface area (Å²) in [6.45, 7) is 4.76. The predicted molar refractivity (Wildman–Crippen MR) is 58.9 cm³/mol. The average molecular weight is 193 g/mol. The fraction of sp³-hybridized carbons (Fsp3) is 1.00. The quantitative estimate of drug-likeness (QED) is 0.681. The Morgan fingerprint density at radius 2 is 1.71 bits per heavy atom. The summed E-state index contributed by atoms with van der Waals surface area (Å²) >= 11 is 0. The van der Waals surface area contributed by atoms with Crippen molar-refractivity contribution in [3.05, 3.63) is 0 Å². The second-order valence-corrected chi connectivity index (χ2v) is 6.92. The second-order valence-electron chi connectivity index (χ2n) is 6.92. The molecule has 3 unspecified atom stereocenters. The summed E-state index contributed by atoms with van der Waals surface area (Å²) in [5.41, 5.74) is 7.46. The zero-order valence-corrected chi connectivity index (χ0v) is 9.55. The van der Waals surface area contributed by atoms with Crippen LogP contribution >= 0.6 is 0 Å². The summed E-state index contributed by atoms with van der Waals surface area (Å²) in [7, 11) is 0. The van der Waals surface area contributed by atoms with Gasteiger partial charge in [-0.3, -0.25) is 0 Å². The molecule has 0 spiro atoms. The van der Waals surface area contributed by atoms with Crippen LogP contribution in [-0.2, 0) is 0 Å². The Morgan fingerprint density at radius 3 is 2.14 bits per heavy atom. The van der Waals surface area contributed by atoms with Crippen LogP contribution in [0.4, 0.5) is 0 Å². The van der Waals surface area contributed by atoms with Crippen molar-refractivity contribution in [3.8, 4) is 0 Å². The largest absolute Gasteiger partial charge is 0.327 e. The van der Waals surface area contributed by atoms with Crippen LogP contribution in [0.1, 0.15) is 52.4 Å². The van der Waals surface area contributed by atoms with Gasteiger partial charge in [-0.1, -0.05) is 6.92 Å². The first kappa shape index (κ1) is 9.21. The molecular formula is C13H23N. The zero-order valence-electron chi connectivity index (χ0n) is 9.55. The van der Waals surface area contributed by atoms with Crippen LogP contribution in [0.2, 0.25) is 0 Å². The van der Waals surface area contributed by atoms with E-state index in [1.165, 1.54) is 38.5 Å². The van der Waals surface area contributed by atoms with Gasteiger partial charge in [0.1, 0.15) is 0 Å². The summed E-state index contributed by atoms with van der Waals surface area (Å²) in [6.07, 6.45) is 8.82. The number of hydrogen-bond donors (Lipinski definition) is 1. The Hall–Kier alpha value is -0.0400. The van der Waals surface area contributed by atoms with E-state index in [0.29, 0.717) is 16.9 Å². The Labute approximate surface area is 87.4 Å². The summed E-state index contributed by atoms with van der Waals surface area (Å²) in [4.78, 5) is 0. The molecular weight excluding hydrogens is 170 g/mol. The second kappa shape index (κ2) is 2.55. The molecule has 0 aromatic carbocycles. The molecule has 4 saturated carbocycles. The van der Waals surface area contributed by atoms with Gasteiger partial charge in [-0.15, -0.1) is 0 Å². The van der Waals surface area contributed by atoms with Gasteiger partial charge in [-0.25, -0.2) is 0 Å². The van der Waals surface area contributed by atoms with E-state index in [1.807, 2.05) is 0 Å². The molecule has 0 heterocycles. The Bertz CT molecular complexity index is 242. The van der Waals surface area contributed by atoms with E-state index in [0.717, 1.165) is 11.8 Å². The van der Waals surface area contributed by atoms with Crippen LogP contribution in [0.3, 0.4) is 0 Å². The fourth-order valence-electron chi connectivity index (χ4n) is 5.33. The normalized spacial score (nSPS) is 57.6. The van der Waals surface area contributed by atoms with Gasteiger partial charge < -0.3 is 5.73 Å². The molecule has 4 bridgehead atoms. The lowest BCUT2D eigenvalue weighted by Gasteiger charge is -2.62. The molecule has 0 aromatic rings. The van der Waals surface area contributed by atoms with E-state index in [-0.39, 0.29) is 0 Å². The highest BCUT2D eigenvalue weighted by Gasteiger charge is 2.56. The van der Waals surface area contributed by atoms with Crippen LogP contribution < -0.4 is 5.73 Å². The summed E-state index contributed by atoms with van der Waals surface area (Å²) in [5.74, 6) is 2.04. The van der Waals surface area contributed by atoms with Crippen molar-refractivity contribution >= 4 is 0 Å². The predicted octanol–water partition coefficient (Wildman–Crippen LogP) is 2.94. The molecule has 3 atom stereocenters. The van der Waals surface area contributed by atoms with Gasteiger partial charge in [0.05, 0.1) is 0 Å². The molecule has 14 heavy (non-hydrogen) atoms. The fourth-order valence-corrected chi connectivity index (χ4v) is 5.33. The van der Waals surface area contributed by atoms with E-state index >= 15 is 0 Å². The first-order chi connectivity index (χ1) is 6.51. The van der Waals surface area contributed by atoms with Crippen molar-refractivity contribution in [1.82, 2.24) is 0 Å². The minimum absolute atomic E-state index is 0.424. The van der Waals surface area contributed by atoms with E-state index in [2.05, 4.69) is 13.8 Å². The average Bonchev–Trinajstić information content (AvgIpc) is 1.98. The van der Waals surface area contributed by atoms with Crippen molar-refractivity contribution < 1.29 is 0 Å². The summed E-state index contributed by atoms with van der Waals surface area (Å²) < 4.78 is 0. The molecule has 1 heteroatoms. The lowest BCUT2D eigenvalue weighted by molar-refractivity contribution is -0.110. The molecule has 1 nitrogen and oxygen atoms in total. The monoisotopic (exact) mass is 193 g/mol. The van der Waals surface area contributed by atoms with Crippen LogP contribution in [-0.4, -0.2) is 6.04 Å². The van der Waals surface area contributed by atoms with Crippen molar-refractivity contribution in [2.45, 2.75) is 58.4 Å². The van der Waals surface area contributed by atoms with Crippen LogP contribution in [0.5, 0.6) is 0 Å². The van der Waals surface area contributed by atoms with Gasteiger partial charge in [0.25, 0.3) is 0 Å². The molecule has 0 aromatic heterocycles. The maximum atomic E-state index is 6.25. The number of rotatable bonds is 1. The number of nitrogens with two attached hydrogens (primary N) is 1. The third-order valence-corrected chi connectivity index (χ3v) is 5.36. The van der Waals surface area contributed by atoms with E-state index in [1.54, 1.807) is 0 Å². The van der Waals surface area contributed by atoms with Gasteiger partial charge in [-0.2, -0.15) is 0 Å².